The molecule has 100 valence electrons. The number of aromatic hydroxyl groups is 1. The van der Waals surface area contributed by atoms with Crippen LogP contribution in [0.2, 0.25) is 5.02 Å². The van der Waals surface area contributed by atoms with Crippen LogP contribution in [0.3, 0.4) is 0 Å². The minimum absolute atomic E-state index is 0.310. The number of benzene rings is 1. The Balaban J connectivity index is 1.69. The monoisotopic (exact) mass is 268 g/mol. The third-order valence-corrected chi connectivity index (χ3v) is 3.65. The zero-order chi connectivity index (χ0) is 12.8. The maximum absolute atomic E-state index is 9.67. The number of hydrogen-bond donors (Lipinski definition) is 2. The van der Waals surface area contributed by atoms with E-state index in [1.54, 1.807) is 12.1 Å². The van der Waals surface area contributed by atoms with E-state index in [1.807, 2.05) is 6.07 Å². The van der Waals surface area contributed by atoms with E-state index in [4.69, 9.17) is 11.6 Å². The maximum Gasteiger partial charge on any atom is 0.120 e. The van der Waals surface area contributed by atoms with Crippen LogP contribution in [0.1, 0.15) is 24.8 Å². The molecular weight excluding hydrogens is 248 g/mol. The highest BCUT2D eigenvalue weighted by Gasteiger charge is 2.09. The Labute approximate surface area is 114 Å². The molecule has 18 heavy (non-hydrogen) atoms. The van der Waals surface area contributed by atoms with E-state index in [2.05, 4.69) is 10.2 Å². The molecule has 1 heterocycles. The summed E-state index contributed by atoms with van der Waals surface area (Å²) < 4.78 is 0. The van der Waals surface area contributed by atoms with Gasteiger partial charge >= 0.3 is 0 Å². The molecule has 4 heteroatoms. The molecule has 1 aliphatic heterocycles. The third-order valence-electron chi connectivity index (χ3n) is 3.41. The lowest BCUT2D eigenvalue weighted by atomic mass is 10.1. The predicted octanol–water partition coefficient (Wildman–Crippen LogP) is 2.62. The first-order valence-electron chi connectivity index (χ1n) is 6.66. The van der Waals surface area contributed by atoms with Crippen LogP contribution in [0.15, 0.2) is 18.2 Å². The van der Waals surface area contributed by atoms with Crippen LogP contribution in [0, 0.1) is 0 Å². The van der Waals surface area contributed by atoms with E-state index in [-0.39, 0.29) is 0 Å². The van der Waals surface area contributed by atoms with Gasteiger partial charge in [-0.05, 0) is 44.1 Å². The molecule has 0 saturated carbocycles. The minimum Gasteiger partial charge on any atom is -0.508 e. The van der Waals surface area contributed by atoms with Gasteiger partial charge in [0.05, 0.1) is 0 Å². The fraction of sp³-hybridized carbons (Fsp3) is 0.571. The van der Waals surface area contributed by atoms with Crippen LogP contribution in [-0.4, -0.2) is 36.2 Å². The Morgan fingerprint density at radius 1 is 1.22 bits per heavy atom. The fourth-order valence-electron chi connectivity index (χ4n) is 2.34. The maximum atomic E-state index is 9.67. The molecule has 0 atom stereocenters. The molecule has 0 radical (unpaired) electrons. The van der Waals surface area contributed by atoms with Gasteiger partial charge in [0, 0.05) is 30.2 Å². The molecule has 0 unspecified atom stereocenters. The second-order valence-electron chi connectivity index (χ2n) is 4.85. The van der Waals surface area contributed by atoms with E-state index >= 15 is 0 Å². The van der Waals surface area contributed by atoms with Gasteiger partial charge in [-0.2, -0.15) is 0 Å². The highest BCUT2D eigenvalue weighted by molar-refractivity contribution is 6.30. The zero-order valence-corrected chi connectivity index (χ0v) is 11.4. The van der Waals surface area contributed by atoms with E-state index in [0.717, 1.165) is 18.7 Å². The number of nitrogens with zero attached hydrogens (tertiary/aromatic N) is 1. The summed E-state index contributed by atoms with van der Waals surface area (Å²) in [5, 5.41) is 13.7. The van der Waals surface area contributed by atoms with Gasteiger partial charge in [0.2, 0.25) is 0 Å². The van der Waals surface area contributed by atoms with Crippen LogP contribution in [0.25, 0.3) is 0 Å². The molecule has 3 nitrogen and oxygen atoms in total. The van der Waals surface area contributed by atoms with Crippen LogP contribution in [0.4, 0.5) is 0 Å². The Morgan fingerprint density at radius 3 is 2.78 bits per heavy atom. The topological polar surface area (TPSA) is 35.5 Å². The highest BCUT2D eigenvalue weighted by atomic mass is 35.5. The molecule has 0 bridgehead atoms. The molecule has 1 aromatic rings. The lowest BCUT2D eigenvalue weighted by molar-refractivity contribution is 0.229. The first-order chi connectivity index (χ1) is 8.75. The van der Waals surface area contributed by atoms with Crippen LogP contribution >= 0.6 is 11.6 Å². The average Bonchev–Trinajstić information content (AvgIpc) is 2.40. The number of halogens is 1. The van der Waals surface area contributed by atoms with Gasteiger partial charge in [-0.25, -0.2) is 0 Å². The summed E-state index contributed by atoms with van der Waals surface area (Å²) in [6.45, 7) is 5.15. The molecule has 2 N–H and O–H groups in total. The highest BCUT2D eigenvalue weighted by Crippen LogP contribution is 2.21. The number of phenols is 1. The molecule has 1 aromatic carbocycles. The second kappa shape index (κ2) is 6.98. The van der Waals surface area contributed by atoms with E-state index in [0.29, 0.717) is 17.3 Å². The molecule has 1 saturated heterocycles. The summed E-state index contributed by atoms with van der Waals surface area (Å²) in [4.78, 5) is 2.49. The lowest BCUT2D eigenvalue weighted by Crippen LogP contribution is -2.35. The normalized spacial score (nSPS) is 16.9. The molecule has 0 aromatic heterocycles. The SMILES string of the molecule is Oc1ccc(Cl)cc1CNCCN1CCCCC1. The number of rotatable bonds is 5. The van der Waals surface area contributed by atoms with Crippen molar-refractivity contribution in [1.82, 2.24) is 10.2 Å². The van der Waals surface area contributed by atoms with Crippen molar-refractivity contribution in [3.63, 3.8) is 0 Å². The Hall–Kier alpha value is -0.770. The van der Waals surface area contributed by atoms with Gasteiger partial charge in [-0.1, -0.05) is 18.0 Å². The van der Waals surface area contributed by atoms with Crippen molar-refractivity contribution < 1.29 is 5.11 Å². The number of phenolic OH excluding ortho intramolecular Hbond substituents is 1. The van der Waals surface area contributed by atoms with Gasteiger partial charge in [0.1, 0.15) is 5.75 Å². The van der Waals surface area contributed by atoms with Gasteiger partial charge in [0.15, 0.2) is 0 Å². The standard InChI is InChI=1S/C14H21ClN2O/c15-13-4-5-14(18)12(10-13)11-16-6-9-17-7-2-1-3-8-17/h4-5,10,16,18H,1-3,6-9,11H2. The van der Waals surface area contributed by atoms with E-state index in [9.17, 15) is 5.11 Å². The number of piperidine rings is 1. The Bertz CT molecular complexity index is 378. The Kier molecular flexibility index (Phi) is 5.29. The van der Waals surface area contributed by atoms with Crippen molar-refractivity contribution in [2.24, 2.45) is 0 Å². The number of likely N-dealkylation sites (tertiary alicyclic amines) is 1. The van der Waals surface area contributed by atoms with E-state index in [1.165, 1.54) is 32.4 Å². The first-order valence-corrected chi connectivity index (χ1v) is 7.04. The number of nitrogens with one attached hydrogen (secondary N) is 1. The summed E-state index contributed by atoms with van der Waals surface area (Å²) in [6.07, 6.45) is 4.03. The number of hydrogen-bond acceptors (Lipinski definition) is 3. The van der Waals surface area contributed by atoms with Crippen molar-refractivity contribution in [3.8, 4) is 5.75 Å². The van der Waals surface area contributed by atoms with Crippen LogP contribution in [-0.2, 0) is 6.54 Å². The van der Waals surface area contributed by atoms with Crippen LogP contribution in [0.5, 0.6) is 5.75 Å². The van der Waals surface area contributed by atoms with Gasteiger partial charge in [-0.15, -0.1) is 0 Å². The van der Waals surface area contributed by atoms with Gasteiger partial charge in [-0.3, -0.25) is 0 Å². The fourth-order valence-corrected chi connectivity index (χ4v) is 2.53. The summed E-state index contributed by atoms with van der Waals surface area (Å²) >= 11 is 5.90. The molecule has 1 aliphatic rings. The minimum atomic E-state index is 0.310. The summed E-state index contributed by atoms with van der Waals surface area (Å²) in [5.74, 6) is 0.310. The molecular formula is C14H21ClN2O. The Morgan fingerprint density at radius 2 is 2.00 bits per heavy atom. The average molecular weight is 269 g/mol. The van der Waals surface area contributed by atoms with Crippen molar-refractivity contribution in [3.05, 3.63) is 28.8 Å². The summed E-state index contributed by atoms with van der Waals surface area (Å²) in [7, 11) is 0. The first kappa shape index (κ1) is 13.7. The molecule has 1 fully saturated rings. The van der Waals surface area contributed by atoms with Gasteiger partial charge < -0.3 is 15.3 Å². The molecule has 0 spiro atoms. The summed E-state index contributed by atoms with van der Waals surface area (Å²) in [5.41, 5.74) is 0.862. The zero-order valence-electron chi connectivity index (χ0n) is 10.7. The van der Waals surface area contributed by atoms with Crippen molar-refractivity contribution in [2.75, 3.05) is 26.2 Å². The van der Waals surface area contributed by atoms with Crippen molar-refractivity contribution in [1.29, 1.82) is 0 Å². The molecule has 2 rings (SSSR count). The smallest absolute Gasteiger partial charge is 0.120 e. The van der Waals surface area contributed by atoms with Gasteiger partial charge in [0.25, 0.3) is 0 Å². The molecule has 0 amide bonds. The van der Waals surface area contributed by atoms with Crippen LogP contribution < -0.4 is 5.32 Å². The quantitative estimate of drug-likeness (QED) is 0.806. The van der Waals surface area contributed by atoms with Crippen molar-refractivity contribution in [2.45, 2.75) is 25.8 Å². The van der Waals surface area contributed by atoms with E-state index < -0.39 is 0 Å². The largest absolute Gasteiger partial charge is 0.508 e. The van der Waals surface area contributed by atoms with Crippen molar-refractivity contribution >= 4 is 11.6 Å². The molecule has 0 aliphatic carbocycles. The summed E-state index contributed by atoms with van der Waals surface area (Å²) in [6, 6.07) is 5.16. The third kappa shape index (κ3) is 4.16. The predicted molar refractivity (Wildman–Crippen MR) is 75.1 cm³/mol. The lowest BCUT2D eigenvalue weighted by Gasteiger charge is -2.26. The second-order valence-corrected chi connectivity index (χ2v) is 5.29.